The maximum absolute atomic E-state index is 11.8. The van der Waals surface area contributed by atoms with Gasteiger partial charge in [0.15, 0.2) is 0 Å². The van der Waals surface area contributed by atoms with E-state index in [1.165, 1.54) is 7.11 Å². The summed E-state index contributed by atoms with van der Waals surface area (Å²) >= 11 is 0. The molecule has 0 radical (unpaired) electrons. The molecule has 0 fully saturated rings. The van der Waals surface area contributed by atoms with Gasteiger partial charge in [-0.15, -0.1) is 0 Å². The molecule has 0 spiro atoms. The van der Waals surface area contributed by atoms with Crippen LogP contribution in [0.2, 0.25) is 0 Å². The molecule has 0 aliphatic carbocycles. The lowest BCUT2D eigenvalue weighted by molar-refractivity contribution is 0.0600. The molecule has 6 nitrogen and oxygen atoms in total. The first-order chi connectivity index (χ1) is 11.0. The van der Waals surface area contributed by atoms with Gasteiger partial charge in [-0.3, -0.25) is 0 Å². The average Bonchev–Trinajstić information content (AvgIpc) is 2.88. The number of carbonyl (C=O) groups excluding carboxylic acids is 2. The summed E-state index contributed by atoms with van der Waals surface area (Å²) in [6.07, 6.45) is 0. The van der Waals surface area contributed by atoms with Crippen LogP contribution in [-0.4, -0.2) is 19.1 Å². The largest absolute Gasteiger partial charge is 0.466 e. The number of rotatable bonds is 5. The second kappa shape index (κ2) is 7.49. The summed E-state index contributed by atoms with van der Waals surface area (Å²) in [5.41, 5.74) is 2.22. The number of methoxy groups -OCH3 is 1. The molecule has 0 unspecified atom stereocenters. The molecule has 0 aliphatic heterocycles. The molecule has 1 aromatic heterocycles. The summed E-state index contributed by atoms with van der Waals surface area (Å²) in [5, 5.41) is 5.52. The fourth-order valence-corrected chi connectivity index (χ4v) is 2.21. The number of urea groups is 1. The van der Waals surface area contributed by atoms with Gasteiger partial charge in [0.2, 0.25) is 0 Å². The predicted molar refractivity (Wildman–Crippen MR) is 85.0 cm³/mol. The number of nitrogens with one attached hydrogen (secondary N) is 2. The molecule has 122 valence electrons. The van der Waals surface area contributed by atoms with Gasteiger partial charge in [0, 0.05) is 18.7 Å². The zero-order chi connectivity index (χ0) is 16.8. The number of furan rings is 1. The van der Waals surface area contributed by atoms with Gasteiger partial charge in [-0.1, -0.05) is 12.1 Å². The highest BCUT2D eigenvalue weighted by atomic mass is 16.5. The SMILES string of the molecule is COC(=O)c1cccc(CNC(=O)NCc2cc(C)oc2C)c1. The van der Waals surface area contributed by atoms with E-state index in [2.05, 4.69) is 15.4 Å². The highest BCUT2D eigenvalue weighted by molar-refractivity contribution is 5.89. The van der Waals surface area contributed by atoms with Gasteiger partial charge in [0.1, 0.15) is 11.5 Å². The predicted octanol–water partition coefficient (Wildman–Crippen LogP) is 2.68. The molecule has 23 heavy (non-hydrogen) atoms. The maximum atomic E-state index is 11.8. The van der Waals surface area contributed by atoms with Crippen LogP contribution >= 0.6 is 0 Å². The number of aryl methyl sites for hydroxylation is 2. The van der Waals surface area contributed by atoms with Crippen molar-refractivity contribution in [3.63, 3.8) is 0 Å². The van der Waals surface area contributed by atoms with Crippen LogP contribution in [0.5, 0.6) is 0 Å². The molecule has 1 heterocycles. The minimum Gasteiger partial charge on any atom is -0.466 e. The molecule has 2 rings (SSSR count). The standard InChI is InChI=1S/C17H20N2O4/c1-11-7-15(12(2)23-11)10-19-17(21)18-9-13-5-4-6-14(8-13)16(20)22-3/h4-8H,9-10H2,1-3H3,(H2,18,19,21). The van der Waals surface area contributed by atoms with Crippen molar-refractivity contribution in [3.8, 4) is 0 Å². The molecular weight excluding hydrogens is 296 g/mol. The Morgan fingerprint density at radius 2 is 1.87 bits per heavy atom. The highest BCUT2D eigenvalue weighted by Crippen LogP contribution is 2.13. The topological polar surface area (TPSA) is 80.6 Å². The first-order valence-corrected chi connectivity index (χ1v) is 7.24. The molecule has 6 heteroatoms. The van der Waals surface area contributed by atoms with Crippen molar-refractivity contribution in [2.24, 2.45) is 0 Å². The Hall–Kier alpha value is -2.76. The van der Waals surface area contributed by atoms with Crippen molar-refractivity contribution in [1.82, 2.24) is 10.6 Å². The van der Waals surface area contributed by atoms with Crippen LogP contribution in [0.1, 0.15) is 33.0 Å². The second-order valence-electron chi connectivity index (χ2n) is 5.17. The molecule has 0 saturated heterocycles. The zero-order valence-electron chi connectivity index (χ0n) is 13.4. The van der Waals surface area contributed by atoms with Gasteiger partial charge in [-0.05, 0) is 37.6 Å². The minimum atomic E-state index is -0.401. The van der Waals surface area contributed by atoms with E-state index in [0.717, 1.165) is 22.6 Å². The summed E-state index contributed by atoms with van der Waals surface area (Å²) in [7, 11) is 1.33. The third-order valence-electron chi connectivity index (χ3n) is 3.38. The van der Waals surface area contributed by atoms with Crippen molar-refractivity contribution in [1.29, 1.82) is 0 Å². The van der Waals surface area contributed by atoms with Gasteiger partial charge >= 0.3 is 12.0 Å². The van der Waals surface area contributed by atoms with Crippen molar-refractivity contribution in [3.05, 3.63) is 58.5 Å². The van der Waals surface area contributed by atoms with Gasteiger partial charge < -0.3 is 19.8 Å². The lowest BCUT2D eigenvalue weighted by Crippen LogP contribution is -2.34. The monoisotopic (exact) mass is 316 g/mol. The van der Waals surface area contributed by atoms with Crippen LogP contribution in [0.3, 0.4) is 0 Å². The van der Waals surface area contributed by atoms with Crippen LogP contribution < -0.4 is 10.6 Å². The average molecular weight is 316 g/mol. The van der Waals surface area contributed by atoms with Crippen LogP contribution in [0.25, 0.3) is 0 Å². The number of hydrogen-bond acceptors (Lipinski definition) is 4. The van der Waals surface area contributed by atoms with Crippen LogP contribution in [0.4, 0.5) is 4.79 Å². The Balaban J connectivity index is 1.84. The van der Waals surface area contributed by atoms with E-state index in [0.29, 0.717) is 18.7 Å². The summed E-state index contributed by atoms with van der Waals surface area (Å²) in [6.45, 7) is 4.45. The number of hydrogen-bond donors (Lipinski definition) is 2. The van der Waals surface area contributed by atoms with Crippen LogP contribution in [0, 0.1) is 13.8 Å². The van der Waals surface area contributed by atoms with Crippen molar-refractivity contribution < 1.29 is 18.7 Å². The first kappa shape index (κ1) is 16.6. The molecule has 0 atom stereocenters. The Morgan fingerprint density at radius 1 is 1.13 bits per heavy atom. The quantitative estimate of drug-likeness (QED) is 0.831. The van der Waals surface area contributed by atoms with E-state index in [1.54, 1.807) is 18.2 Å². The molecule has 0 aliphatic rings. The van der Waals surface area contributed by atoms with E-state index in [-0.39, 0.29) is 6.03 Å². The zero-order valence-corrected chi connectivity index (χ0v) is 13.4. The molecule has 2 amide bonds. The third-order valence-corrected chi connectivity index (χ3v) is 3.38. The minimum absolute atomic E-state index is 0.285. The fourth-order valence-electron chi connectivity index (χ4n) is 2.21. The lowest BCUT2D eigenvalue weighted by atomic mass is 10.1. The Morgan fingerprint density at radius 3 is 2.52 bits per heavy atom. The molecule has 0 saturated carbocycles. The van der Waals surface area contributed by atoms with E-state index in [9.17, 15) is 9.59 Å². The van der Waals surface area contributed by atoms with Gasteiger partial charge in [-0.25, -0.2) is 9.59 Å². The lowest BCUT2D eigenvalue weighted by Gasteiger charge is -2.08. The van der Waals surface area contributed by atoms with Crippen LogP contribution in [-0.2, 0) is 17.8 Å². The number of amides is 2. The summed E-state index contributed by atoms with van der Waals surface area (Å²) in [5.74, 6) is 1.22. The first-order valence-electron chi connectivity index (χ1n) is 7.24. The Labute approximate surface area is 134 Å². The normalized spacial score (nSPS) is 10.2. The highest BCUT2D eigenvalue weighted by Gasteiger charge is 2.08. The van der Waals surface area contributed by atoms with Crippen molar-refractivity contribution >= 4 is 12.0 Å². The summed E-state index contributed by atoms with van der Waals surface area (Å²) in [6, 6.07) is 8.55. The Kier molecular flexibility index (Phi) is 5.41. The van der Waals surface area contributed by atoms with E-state index >= 15 is 0 Å². The Bertz CT molecular complexity index is 706. The molecule has 2 aromatic rings. The number of esters is 1. The van der Waals surface area contributed by atoms with Gasteiger partial charge in [0.25, 0.3) is 0 Å². The number of carbonyl (C=O) groups is 2. The fraction of sp³-hybridized carbons (Fsp3) is 0.294. The van der Waals surface area contributed by atoms with E-state index < -0.39 is 5.97 Å². The molecule has 0 bridgehead atoms. The summed E-state index contributed by atoms with van der Waals surface area (Å²) < 4.78 is 10.1. The van der Waals surface area contributed by atoms with E-state index in [1.807, 2.05) is 26.0 Å². The maximum Gasteiger partial charge on any atom is 0.337 e. The van der Waals surface area contributed by atoms with Gasteiger partial charge in [0.05, 0.1) is 12.7 Å². The molecule has 2 N–H and O–H groups in total. The molecular formula is C17H20N2O4. The number of ether oxygens (including phenoxy) is 1. The second-order valence-corrected chi connectivity index (χ2v) is 5.17. The summed E-state index contributed by atoms with van der Waals surface area (Å²) in [4.78, 5) is 23.3. The smallest absolute Gasteiger partial charge is 0.337 e. The molecule has 1 aromatic carbocycles. The van der Waals surface area contributed by atoms with Crippen molar-refractivity contribution in [2.75, 3.05) is 7.11 Å². The van der Waals surface area contributed by atoms with Crippen LogP contribution in [0.15, 0.2) is 34.7 Å². The number of benzene rings is 1. The van der Waals surface area contributed by atoms with Gasteiger partial charge in [-0.2, -0.15) is 0 Å². The third kappa shape index (κ3) is 4.60. The van der Waals surface area contributed by atoms with Crippen molar-refractivity contribution in [2.45, 2.75) is 26.9 Å². The van der Waals surface area contributed by atoms with E-state index in [4.69, 9.17) is 4.42 Å².